The van der Waals surface area contributed by atoms with Gasteiger partial charge < -0.3 is 10.1 Å². The number of benzene rings is 1. The zero-order valence-corrected chi connectivity index (χ0v) is 13.7. The van der Waals surface area contributed by atoms with Crippen molar-refractivity contribution in [3.8, 4) is 0 Å². The molecule has 1 aliphatic heterocycles. The molecule has 0 saturated carbocycles. The molecule has 3 unspecified atom stereocenters. The molecule has 0 bridgehead atoms. The zero-order valence-electron chi connectivity index (χ0n) is 12.2. The third-order valence-corrected chi connectivity index (χ3v) is 4.45. The van der Waals surface area contributed by atoms with Gasteiger partial charge in [-0.05, 0) is 49.4 Å². The van der Waals surface area contributed by atoms with Crippen molar-refractivity contribution < 1.29 is 9.13 Å². The molecule has 1 aromatic rings. The molecule has 4 heteroatoms. The first kappa shape index (κ1) is 15.9. The molecule has 1 fully saturated rings. The predicted molar refractivity (Wildman–Crippen MR) is 83.4 cm³/mol. The maximum absolute atomic E-state index is 14.0. The monoisotopic (exact) mass is 343 g/mol. The lowest BCUT2D eigenvalue weighted by Gasteiger charge is -2.27. The predicted octanol–water partition coefficient (Wildman–Crippen LogP) is 3.92. The highest BCUT2D eigenvalue weighted by atomic mass is 79.9. The summed E-state index contributed by atoms with van der Waals surface area (Å²) >= 11 is 3.30. The number of halogens is 2. The standard InChI is InChI=1S/C16H23BrFNO/c1-3-7-19-15(16-11(2)6-8-20-16)9-12-4-5-13(17)10-14(12)18/h4-5,10-11,15-16,19H,3,6-9H2,1-2H3. The third kappa shape index (κ3) is 4.03. The van der Waals surface area contributed by atoms with E-state index >= 15 is 0 Å². The second kappa shape index (κ2) is 7.53. The van der Waals surface area contributed by atoms with Crippen LogP contribution in [0.25, 0.3) is 0 Å². The Bertz CT molecular complexity index is 440. The van der Waals surface area contributed by atoms with E-state index in [4.69, 9.17) is 4.74 Å². The molecule has 2 rings (SSSR count). The Hall–Kier alpha value is -0.450. The highest BCUT2D eigenvalue weighted by Crippen LogP contribution is 2.26. The molecule has 20 heavy (non-hydrogen) atoms. The van der Waals surface area contributed by atoms with Crippen LogP contribution in [0.5, 0.6) is 0 Å². The van der Waals surface area contributed by atoms with E-state index in [2.05, 4.69) is 35.1 Å². The maximum atomic E-state index is 14.0. The Balaban J connectivity index is 2.10. The van der Waals surface area contributed by atoms with E-state index in [1.54, 1.807) is 0 Å². The lowest BCUT2D eigenvalue weighted by molar-refractivity contribution is 0.0608. The van der Waals surface area contributed by atoms with Crippen molar-refractivity contribution in [2.75, 3.05) is 13.2 Å². The number of hydrogen-bond donors (Lipinski definition) is 1. The summed E-state index contributed by atoms with van der Waals surface area (Å²) in [6.07, 6.45) is 3.02. The topological polar surface area (TPSA) is 21.3 Å². The SMILES string of the molecule is CCCNC(Cc1ccc(Br)cc1F)C1OCCC1C. The van der Waals surface area contributed by atoms with Gasteiger partial charge in [-0.1, -0.05) is 35.8 Å². The first-order valence-corrected chi connectivity index (χ1v) is 8.20. The fourth-order valence-electron chi connectivity index (χ4n) is 2.79. The van der Waals surface area contributed by atoms with Gasteiger partial charge in [-0.15, -0.1) is 0 Å². The summed E-state index contributed by atoms with van der Waals surface area (Å²) < 4.78 is 20.7. The smallest absolute Gasteiger partial charge is 0.127 e. The van der Waals surface area contributed by atoms with Gasteiger partial charge in [-0.25, -0.2) is 4.39 Å². The van der Waals surface area contributed by atoms with Crippen LogP contribution in [0.2, 0.25) is 0 Å². The van der Waals surface area contributed by atoms with Crippen molar-refractivity contribution >= 4 is 15.9 Å². The van der Waals surface area contributed by atoms with Gasteiger partial charge in [0.15, 0.2) is 0 Å². The van der Waals surface area contributed by atoms with Crippen LogP contribution in [0, 0.1) is 11.7 Å². The van der Waals surface area contributed by atoms with E-state index in [1.807, 2.05) is 12.1 Å². The molecule has 112 valence electrons. The maximum Gasteiger partial charge on any atom is 0.127 e. The summed E-state index contributed by atoms with van der Waals surface area (Å²) in [5, 5.41) is 3.53. The molecule has 1 aromatic carbocycles. The molecule has 0 aliphatic carbocycles. The van der Waals surface area contributed by atoms with Crippen molar-refractivity contribution in [2.24, 2.45) is 5.92 Å². The summed E-state index contributed by atoms with van der Waals surface area (Å²) in [4.78, 5) is 0. The Morgan fingerprint density at radius 2 is 2.30 bits per heavy atom. The van der Waals surface area contributed by atoms with Gasteiger partial charge >= 0.3 is 0 Å². The van der Waals surface area contributed by atoms with Crippen LogP contribution in [0.3, 0.4) is 0 Å². The van der Waals surface area contributed by atoms with E-state index in [1.165, 1.54) is 6.07 Å². The first-order chi connectivity index (χ1) is 9.61. The van der Waals surface area contributed by atoms with Crippen molar-refractivity contribution in [3.63, 3.8) is 0 Å². The van der Waals surface area contributed by atoms with Crippen LogP contribution >= 0.6 is 15.9 Å². The second-order valence-electron chi connectivity index (χ2n) is 5.60. The summed E-state index contributed by atoms with van der Waals surface area (Å²) in [6, 6.07) is 5.47. The molecule has 1 saturated heterocycles. The molecular formula is C16H23BrFNO. The summed E-state index contributed by atoms with van der Waals surface area (Å²) in [7, 11) is 0. The average Bonchev–Trinajstić information content (AvgIpc) is 2.83. The van der Waals surface area contributed by atoms with Gasteiger partial charge in [-0.3, -0.25) is 0 Å². The fraction of sp³-hybridized carbons (Fsp3) is 0.625. The van der Waals surface area contributed by atoms with Crippen LogP contribution in [0.4, 0.5) is 4.39 Å². The Kier molecular flexibility index (Phi) is 6.00. The summed E-state index contributed by atoms with van der Waals surface area (Å²) in [5.41, 5.74) is 0.754. The average molecular weight is 344 g/mol. The number of rotatable bonds is 6. The first-order valence-electron chi connectivity index (χ1n) is 7.40. The highest BCUT2D eigenvalue weighted by molar-refractivity contribution is 9.10. The zero-order chi connectivity index (χ0) is 14.5. The highest BCUT2D eigenvalue weighted by Gasteiger charge is 2.32. The van der Waals surface area contributed by atoms with Gasteiger partial charge in [0, 0.05) is 17.1 Å². The van der Waals surface area contributed by atoms with Gasteiger partial charge in [0.25, 0.3) is 0 Å². The Morgan fingerprint density at radius 1 is 1.50 bits per heavy atom. The Morgan fingerprint density at radius 3 is 2.90 bits per heavy atom. The van der Waals surface area contributed by atoms with E-state index in [-0.39, 0.29) is 18.0 Å². The number of ether oxygens (including phenoxy) is 1. The summed E-state index contributed by atoms with van der Waals surface area (Å²) in [6.45, 7) is 6.12. The van der Waals surface area contributed by atoms with Gasteiger partial charge in [-0.2, -0.15) is 0 Å². The Labute approximate surface area is 129 Å². The molecule has 1 heterocycles. The van der Waals surface area contributed by atoms with Crippen molar-refractivity contribution in [3.05, 3.63) is 34.1 Å². The van der Waals surface area contributed by atoms with Crippen LogP contribution in [-0.2, 0) is 11.2 Å². The van der Waals surface area contributed by atoms with Crippen molar-refractivity contribution in [1.29, 1.82) is 0 Å². The van der Waals surface area contributed by atoms with E-state index in [9.17, 15) is 4.39 Å². The van der Waals surface area contributed by atoms with E-state index in [0.29, 0.717) is 12.3 Å². The molecule has 0 aromatic heterocycles. The van der Waals surface area contributed by atoms with Crippen LogP contribution in [0.1, 0.15) is 32.3 Å². The fourth-order valence-corrected chi connectivity index (χ4v) is 3.12. The quantitative estimate of drug-likeness (QED) is 0.845. The van der Waals surface area contributed by atoms with E-state index in [0.717, 1.165) is 36.0 Å². The lowest BCUT2D eigenvalue weighted by Crippen LogP contribution is -2.44. The molecule has 3 atom stereocenters. The third-order valence-electron chi connectivity index (χ3n) is 3.95. The molecular weight excluding hydrogens is 321 g/mol. The molecule has 1 aliphatic rings. The molecule has 1 N–H and O–H groups in total. The van der Waals surface area contributed by atoms with Crippen LogP contribution in [0.15, 0.2) is 22.7 Å². The summed E-state index contributed by atoms with van der Waals surface area (Å²) in [5.74, 6) is 0.385. The van der Waals surface area contributed by atoms with E-state index < -0.39 is 0 Å². The minimum absolute atomic E-state index is 0.145. The normalized spacial score (nSPS) is 24.0. The van der Waals surface area contributed by atoms with Gasteiger partial charge in [0.1, 0.15) is 5.82 Å². The number of hydrogen-bond acceptors (Lipinski definition) is 2. The minimum atomic E-state index is -0.145. The molecule has 0 spiro atoms. The largest absolute Gasteiger partial charge is 0.376 e. The lowest BCUT2D eigenvalue weighted by atomic mass is 9.92. The minimum Gasteiger partial charge on any atom is -0.376 e. The molecule has 0 amide bonds. The van der Waals surface area contributed by atoms with Crippen molar-refractivity contribution in [2.45, 2.75) is 45.3 Å². The van der Waals surface area contributed by atoms with Crippen LogP contribution in [-0.4, -0.2) is 25.3 Å². The van der Waals surface area contributed by atoms with Crippen molar-refractivity contribution in [1.82, 2.24) is 5.32 Å². The van der Waals surface area contributed by atoms with Gasteiger partial charge in [0.05, 0.1) is 6.10 Å². The van der Waals surface area contributed by atoms with Crippen LogP contribution < -0.4 is 5.32 Å². The van der Waals surface area contributed by atoms with Gasteiger partial charge in [0.2, 0.25) is 0 Å². The second-order valence-corrected chi connectivity index (χ2v) is 6.52. The number of nitrogens with one attached hydrogen (secondary N) is 1. The molecule has 0 radical (unpaired) electrons. The molecule has 2 nitrogen and oxygen atoms in total.